The standard InChI is InChI=1S/C24H28ClN3O3/c1-16(2)14-28(15-20-7-4-10-30-20)23(29)18-8-9-22-21(12-18)27-24(31-22)26-13-17-5-3-6-19(25)11-17/h3,5-6,8-9,11-12,16,20H,4,7,10,13-15H2,1-2H3,(H,26,27). The first-order valence-corrected chi connectivity index (χ1v) is 11.2. The van der Waals surface area contributed by atoms with Crippen LogP contribution in [0, 0.1) is 5.92 Å². The molecule has 2 aromatic carbocycles. The normalized spacial score (nSPS) is 16.2. The molecule has 0 radical (unpaired) electrons. The Morgan fingerprint density at radius 1 is 1.29 bits per heavy atom. The quantitative estimate of drug-likeness (QED) is 0.509. The van der Waals surface area contributed by atoms with Crippen molar-refractivity contribution in [2.45, 2.75) is 39.3 Å². The number of nitrogens with zero attached hydrogens (tertiary/aromatic N) is 2. The van der Waals surface area contributed by atoms with Gasteiger partial charge in [0, 0.05) is 36.8 Å². The highest BCUT2D eigenvalue weighted by Gasteiger charge is 2.24. The van der Waals surface area contributed by atoms with Crippen LogP contribution in [-0.2, 0) is 11.3 Å². The van der Waals surface area contributed by atoms with Crippen LogP contribution in [0.15, 0.2) is 46.9 Å². The third-order valence-electron chi connectivity index (χ3n) is 5.29. The summed E-state index contributed by atoms with van der Waals surface area (Å²) in [6, 6.07) is 13.4. The third-order valence-corrected chi connectivity index (χ3v) is 5.52. The van der Waals surface area contributed by atoms with E-state index in [0.29, 0.717) is 53.3 Å². The van der Waals surface area contributed by atoms with E-state index >= 15 is 0 Å². The van der Waals surface area contributed by atoms with E-state index in [4.69, 9.17) is 20.8 Å². The Morgan fingerprint density at radius 2 is 2.16 bits per heavy atom. The van der Waals surface area contributed by atoms with Gasteiger partial charge in [0.15, 0.2) is 5.58 Å². The third kappa shape index (κ3) is 5.57. The van der Waals surface area contributed by atoms with E-state index in [2.05, 4.69) is 24.1 Å². The number of hydrogen-bond acceptors (Lipinski definition) is 5. The number of ether oxygens (including phenoxy) is 1. The average Bonchev–Trinajstić information content (AvgIpc) is 3.39. The Morgan fingerprint density at radius 3 is 2.90 bits per heavy atom. The maximum absolute atomic E-state index is 13.2. The lowest BCUT2D eigenvalue weighted by atomic mass is 10.1. The van der Waals surface area contributed by atoms with Crippen LogP contribution < -0.4 is 5.32 Å². The smallest absolute Gasteiger partial charge is 0.295 e. The predicted molar refractivity (Wildman–Crippen MR) is 123 cm³/mol. The van der Waals surface area contributed by atoms with E-state index in [1.54, 1.807) is 18.2 Å². The second kappa shape index (κ2) is 9.71. The van der Waals surface area contributed by atoms with Gasteiger partial charge >= 0.3 is 0 Å². The molecule has 3 aromatic rings. The number of benzene rings is 2. The summed E-state index contributed by atoms with van der Waals surface area (Å²) in [6.07, 6.45) is 2.19. The predicted octanol–water partition coefficient (Wildman–Crippen LogP) is 5.37. The van der Waals surface area contributed by atoms with E-state index < -0.39 is 0 Å². The molecule has 1 fully saturated rings. The summed E-state index contributed by atoms with van der Waals surface area (Å²) >= 11 is 6.04. The number of carbonyl (C=O) groups is 1. The average molecular weight is 442 g/mol. The van der Waals surface area contributed by atoms with Gasteiger partial charge in [0.2, 0.25) is 0 Å². The van der Waals surface area contributed by atoms with Crippen LogP contribution in [0.25, 0.3) is 11.1 Å². The summed E-state index contributed by atoms with van der Waals surface area (Å²) in [7, 11) is 0. The van der Waals surface area contributed by atoms with Crippen LogP contribution in [0.4, 0.5) is 6.01 Å². The van der Waals surface area contributed by atoms with Crippen LogP contribution in [0.2, 0.25) is 5.02 Å². The molecule has 1 atom stereocenters. The lowest BCUT2D eigenvalue weighted by molar-refractivity contribution is 0.0499. The Bertz CT molecular complexity index is 1040. The van der Waals surface area contributed by atoms with Crippen molar-refractivity contribution < 1.29 is 13.9 Å². The zero-order valence-corrected chi connectivity index (χ0v) is 18.7. The highest BCUT2D eigenvalue weighted by atomic mass is 35.5. The number of hydrogen-bond donors (Lipinski definition) is 1. The molecule has 31 heavy (non-hydrogen) atoms. The summed E-state index contributed by atoms with van der Waals surface area (Å²) in [5.41, 5.74) is 2.94. The first-order valence-electron chi connectivity index (χ1n) is 10.8. The van der Waals surface area contributed by atoms with Crippen LogP contribution >= 0.6 is 11.6 Å². The molecule has 0 bridgehead atoms. The monoisotopic (exact) mass is 441 g/mol. The largest absolute Gasteiger partial charge is 0.424 e. The molecule has 1 amide bonds. The Hall–Kier alpha value is -2.57. The molecule has 1 unspecified atom stereocenters. The Kier molecular flexibility index (Phi) is 6.78. The van der Waals surface area contributed by atoms with Gasteiger partial charge in [-0.2, -0.15) is 4.98 Å². The van der Waals surface area contributed by atoms with Crippen LogP contribution in [-0.4, -0.2) is 41.6 Å². The number of halogens is 1. The molecule has 0 spiro atoms. The molecule has 1 aliphatic heterocycles. The first-order chi connectivity index (χ1) is 15.0. The van der Waals surface area contributed by atoms with Crippen molar-refractivity contribution in [3.63, 3.8) is 0 Å². The molecule has 6 nitrogen and oxygen atoms in total. The molecular formula is C24H28ClN3O3. The van der Waals surface area contributed by atoms with Crippen molar-refractivity contribution >= 4 is 34.6 Å². The fourth-order valence-electron chi connectivity index (χ4n) is 3.86. The highest BCUT2D eigenvalue weighted by Crippen LogP contribution is 2.23. The minimum absolute atomic E-state index is 0.00235. The van der Waals surface area contributed by atoms with Gasteiger partial charge in [0.1, 0.15) is 5.52 Å². The van der Waals surface area contributed by atoms with Crippen molar-refractivity contribution in [1.82, 2.24) is 9.88 Å². The van der Waals surface area contributed by atoms with E-state index in [-0.39, 0.29) is 12.0 Å². The van der Waals surface area contributed by atoms with Gasteiger partial charge in [-0.05, 0) is 54.7 Å². The summed E-state index contributed by atoms with van der Waals surface area (Å²) in [4.78, 5) is 19.7. The molecular weight excluding hydrogens is 414 g/mol. The van der Waals surface area contributed by atoms with Crippen molar-refractivity contribution in [1.29, 1.82) is 0 Å². The molecule has 2 heterocycles. The minimum Gasteiger partial charge on any atom is -0.424 e. The van der Waals surface area contributed by atoms with Crippen molar-refractivity contribution in [2.24, 2.45) is 5.92 Å². The van der Waals surface area contributed by atoms with Crippen LogP contribution in [0.5, 0.6) is 0 Å². The van der Waals surface area contributed by atoms with Gasteiger partial charge in [0.25, 0.3) is 11.9 Å². The lowest BCUT2D eigenvalue weighted by Gasteiger charge is -2.27. The lowest BCUT2D eigenvalue weighted by Crippen LogP contribution is -2.39. The van der Waals surface area contributed by atoms with E-state index in [1.807, 2.05) is 29.2 Å². The number of fused-ring (bicyclic) bond motifs is 1. The molecule has 0 aliphatic carbocycles. The molecule has 4 rings (SSSR count). The molecule has 164 valence electrons. The fourth-order valence-corrected chi connectivity index (χ4v) is 4.07. The first kappa shape index (κ1) is 21.7. The molecule has 7 heteroatoms. The van der Waals surface area contributed by atoms with Gasteiger partial charge in [-0.3, -0.25) is 4.79 Å². The number of rotatable bonds is 8. The number of carbonyl (C=O) groups excluding carboxylic acids is 1. The summed E-state index contributed by atoms with van der Waals surface area (Å²) in [5, 5.41) is 3.86. The van der Waals surface area contributed by atoms with Crippen molar-refractivity contribution in [2.75, 3.05) is 25.0 Å². The van der Waals surface area contributed by atoms with Gasteiger partial charge < -0.3 is 19.4 Å². The van der Waals surface area contributed by atoms with E-state index in [1.165, 1.54) is 0 Å². The van der Waals surface area contributed by atoms with Crippen molar-refractivity contribution in [3.05, 3.63) is 58.6 Å². The number of nitrogens with one attached hydrogen (secondary N) is 1. The topological polar surface area (TPSA) is 67.6 Å². The zero-order valence-electron chi connectivity index (χ0n) is 17.9. The molecule has 1 N–H and O–H groups in total. The van der Waals surface area contributed by atoms with Gasteiger partial charge in [-0.15, -0.1) is 0 Å². The van der Waals surface area contributed by atoms with Crippen molar-refractivity contribution in [3.8, 4) is 0 Å². The number of oxazole rings is 1. The summed E-state index contributed by atoms with van der Waals surface area (Å²) in [5.74, 6) is 0.381. The van der Waals surface area contributed by atoms with Gasteiger partial charge in [-0.1, -0.05) is 37.6 Å². The van der Waals surface area contributed by atoms with Crippen LogP contribution in [0.3, 0.4) is 0 Å². The number of aromatic nitrogens is 1. The zero-order chi connectivity index (χ0) is 21.8. The SMILES string of the molecule is CC(C)CN(CC1CCCO1)C(=O)c1ccc2oc(NCc3cccc(Cl)c3)nc2c1. The van der Waals surface area contributed by atoms with E-state index in [9.17, 15) is 4.79 Å². The Balaban J connectivity index is 1.48. The maximum atomic E-state index is 13.2. The fraction of sp³-hybridized carbons (Fsp3) is 0.417. The minimum atomic E-state index is 0.00235. The second-order valence-corrected chi connectivity index (χ2v) is 8.86. The highest BCUT2D eigenvalue weighted by molar-refractivity contribution is 6.30. The number of anilines is 1. The molecule has 1 aromatic heterocycles. The summed E-state index contributed by atoms with van der Waals surface area (Å²) in [6.45, 7) is 6.89. The van der Waals surface area contributed by atoms with Gasteiger partial charge in [0.05, 0.1) is 6.10 Å². The van der Waals surface area contributed by atoms with Crippen LogP contribution in [0.1, 0.15) is 42.6 Å². The maximum Gasteiger partial charge on any atom is 0.295 e. The number of amides is 1. The molecule has 1 aliphatic rings. The van der Waals surface area contributed by atoms with E-state index in [0.717, 1.165) is 25.0 Å². The summed E-state index contributed by atoms with van der Waals surface area (Å²) < 4.78 is 11.5. The van der Waals surface area contributed by atoms with Gasteiger partial charge in [-0.25, -0.2) is 0 Å². The molecule has 1 saturated heterocycles. The molecule has 0 saturated carbocycles. The Labute approximate surface area is 187 Å². The second-order valence-electron chi connectivity index (χ2n) is 8.42.